The fourth-order valence-electron chi connectivity index (χ4n) is 7.38. The summed E-state index contributed by atoms with van der Waals surface area (Å²) in [5, 5.41) is 6.61. The van der Waals surface area contributed by atoms with Crippen molar-refractivity contribution in [1.29, 1.82) is 0 Å². The maximum atomic E-state index is 13.4. The zero-order valence-corrected chi connectivity index (χ0v) is 23.1. The first kappa shape index (κ1) is 28.0. The van der Waals surface area contributed by atoms with E-state index >= 15 is 0 Å². The lowest BCUT2D eigenvalue weighted by atomic mass is 9.80. The van der Waals surface area contributed by atoms with Crippen LogP contribution < -0.4 is 15.4 Å². The Balaban J connectivity index is 1.34. The van der Waals surface area contributed by atoms with E-state index in [0.29, 0.717) is 29.7 Å². The smallest absolute Gasteiger partial charge is 0.416 e. The minimum absolute atomic E-state index is 0.0281. The van der Waals surface area contributed by atoms with Crippen LogP contribution in [-0.2, 0) is 12.4 Å². The van der Waals surface area contributed by atoms with Gasteiger partial charge in [0, 0.05) is 28.9 Å². The van der Waals surface area contributed by atoms with Crippen molar-refractivity contribution in [2.24, 2.45) is 11.8 Å². The molecular formula is C29H28F6N4OS. The number of halogens is 6. The summed E-state index contributed by atoms with van der Waals surface area (Å²) < 4.78 is 86.0. The van der Waals surface area contributed by atoms with Crippen LogP contribution in [0.5, 0.6) is 5.75 Å². The number of hydrogen-bond acceptors (Lipinski definition) is 4. The Morgan fingerprint density at radius 2 is 1.80 bits per heavy atom. The summed E-state index contributed by atoms with van der Waals surface area (Å²) in [6.07, 6.45) is -5.11. The third kappa shape index (κ3) is 4.68. The Hall–Kier alpha value is -3.12. The number of alkyl halides is 6. The van der Waals surface area contributed by atoms with Gasteiger partial charge in [0.25, 0.3) is 0 Å². The second-order valence-corrected chi connectivity index (χ2v) is 11.4. The second kappa shape index (κ2) is 9.72. The lowest BCUT2D eigenvalue weighted by molar-refractivity contribution is -0.143. The van der Waals surface area contributed by atoms with Crippen LogP contribution in [0.15, 0.2) is 48.7 Å². The molecule has 3 aromatic rings. The molecule has 3 aliphatic rings. The van der Waals surface area contributed by atoms with Gasteiger partial charge in [-0.1, -0.05) is 13.3 Å². The lowest BCUT2D eigenvalue weighted by Crippen LogP contribution is -2.62. The van der Waals surface area contributed by atoms with Crippen molar-refractivity contribution in [2.45, 2.75) is 56.2 Å². The SMILES string of the molecule is CCC1C2CCN3C([C@@H](NC(=S)Nc4cc(C(F)(F)F)cc(C(F)(F)F)c4)c4ccnc5ccc(OC)cc45)CC123. The molecule has 2 saturated heterocycles. The van der Waals surface area contributed by atoms with Crippen LogP contribution in [0, 0.1) is 11.8 Å². The number of benzene rings is 2. The Morgan fingerprint density at radius 3 is 2.41 bits per heavy atom. The average Bonchev–Trinajstić information content (AvgIpc) is 3.48. The van der Waals surface area contributed by atoms with Gasteiger partial charge >= 0.3 is 12.4 Å². The Kier molecular flexibility index (Phi) is 6.64. The highest BCUT2D eigenvalue weighted by atomic mass is 32.1. The fourth-order valence-corrected chi connectivity index (χ4v) is 7.62. The molecule has 1 spiro atoms. The van der Waals surface area contributed by atoms with Crippen LogP contribution in [0.4, 0.5) is 32.0 Å². The first-order chi connectivity index (χ1) is 19.4. The maximum absolute atomic E-state index is 13.4. The van der Waals surface area contributed by atoms with Crippen LogP contribution in [0.3, 0.4) is 0 Å². The third-order valence-electron chi connectivity index (χ3n) is 9.09. The van der Waals surface area contributed by atoms with Gasteiger partial charge in [-0.3, -0.25) is 9.88 Å². The zero-order valence-electron chi connectivity index (χ0n) is 22.2. The molecule has 0 amide bonds. The van der Waals surface area contributed by atoms with E-state index in [2.05, 4.69) is 27.4 Å². The number of ether oxygens (including phenoxy) is 1. The normalized spacial score (nSPS) is 26.1. The number of pyridine rings is 1. The molecule has 5 nitrogen and oxygen atoms in total. The fraction of sp³-hybridized carbons (Fsp3) is 0.448. The van der Waals surface area contributed by atoms with Gasteiger partial charge in [-0.05, 0) is 91.5 Å². The van der Waals surface area contributed by atoms with Gasteiger partial charge in [-0.2, -0.15) is 26.3 Å². The predicted octanol–water partition coefficient (Wildman–Crippen LogP) is 7.18. The van der Waals surface area contributed by atoms with E-state index in [4.69, 9.17) is 17.0 Å². The molecule has 41 heavy (non-hydrogen) atoms. The van der Waals surface area contributed by atoms with Gasteiger partial charge in [-0.15, -0.1) is 0 Å². The highest BCUT2D eigenvalue weighted by Crippen LogP contribution is 2.71. The highest BCUT2D eigenvalue weighted by molar-refractivity contribution is 7.80. The first-order valence-electron chi connectivity index (χ1n) is 13.4. The number of piperidine rings is 1. The van der Waals surface area contributed by atoms with E-state index in [1.165, 1.54) is 0 Å². The minimum atomic E-state index is -4.96. The number of hydrogen-bond donors (Lipinski definition) is 2. The number of nitrogens with one attached hydrogen (secondary N) is 2. The molecule has 2 N–H and O–H groups in total. The molecule has 12 heteroatoms. The Morgan fingerprint density at radius 1 is 1.10 bits per heavy atom. The lowest BCUT2D eigenvalue weighted by Gasteiger charge is -2.52. The molecule has 1 saturated carbocycles. The van der Waals surface area contributed by atoms with Crippen molar-refractivity contribution >= 4 is 33.9 Å². The number of nitrogens with zero attached hydrogens (tertiary/aromatic N) is 2. The average molecular weight is 595 g/mol. The van der Waals surface area contributed by atoms with E-state index in [1.54, 1.807) is 19.4 Å². The molecule has 4 unspecified atom stereocenters. The van der Waals surface area contributed by atoms with Gasteiger partial charge in [-0.25, -0.2) is 0 Å². The summed E-state index contributed by atoms with van der Waals surface area (Å²) in [4.78, 5) is 6.97. The quantitative estimate of drug-likeness (QED) is 0.233. The minimum Gasteiger partial charge on any atom is -0.497 e. The summed E-state index contributed by atoms with van der Waals surface area (Å²) in [6, 6.07) is 8.37. The van der Waals surface area contributed by atoms with E-state index in [9.17, 15) is 26.3 Å². The first-order valence-corrected chi connectivity index (χ1v) is 13.8. The molecule has 6 rings (SSSR count). The molecule has 1 aromatic heterocycles. The standard InChI is InChI=1S/C29H28F6N4OS/c1-3-21-22-7-9-39-24(14-27(21,22)39)25(19-6-8-36-23-5-4-18(40-2)13-20(19)23)38-26(41)37-17-11-15(28(30,31)32)10-16(12-17)29(33,34)35/h4-6,8,10-13,21-22,24-25H,3,7,9,14H2,1-2H3,(H2,37,38,41)/t21?,22?,24?,25-,27?/m0/s1. The topological polar surface area (TPSA) is 49.4 Å². The summed E-state index contributed by atoms with van der Waals surface area (Å²) in [5.41, 5.74) is -1.45. The summed E-state index contributed by atoms with van der Waals surface area (Å²) in [7, 11) is 1.56. The van der Waals surface area contributed by atoms with Crippen LogP contribution >= 0.6 is 12.2 Å². The summed E-state index contributed by atoms with van der Waals surface area (Å²) >= 11 is 5.51. The van der Waals surface area contributed by atoms with Crippen LogP contribution in [0.1, 0.15) is 48.9 Å². The van der Waals surface area contributed by atoms with Crippen molar-refractivity contribution in [3.63, 3.8) is 0 Å². The molecule has 3 heterocycles. The number of fused-ring (bicyclic) bond motifs is 1. The molecular weight excluding hydrogens is 566 g/mol. The van der Waals surface area contributed by atoms with Crippen molar-refractivity contribution in [1.82, 2.24) is 15.2 Å². The van der Waals surface area contributed by atoms with Crippen molar-refractivity contribution < 1.29 is 31.1 Å². The van der Waals surface area contributed by atoms with Gasteiger partial charge in [0.2, 0.25) is 0 Å². The van der Waals surface area contributed by atoms with E-state index in [0.717, 1.165) is 42.3 Å². The van der Waals surface area contributed by atoms with Crippen molar-refractivity contribution in [3.05, 3.63) is 65.4 Å². The monoisotopic (exact) mass is 594 g/mol. The van der Waals surface area contributed by atoms with Gasteiger partial charge in [0.05, 0.1) is 29.8 Å². The van der Waals surface area contributed by atoms with Crippen molar-refractivity contribution in [3.8, 4) is 5.75 Å². The summed E-state index contributed by atoms with van der Waals surface area (Å²) in [6.45, 7) is 3.13. The molecule has 5 atom stereocenters. The number of aromatic nitrogens is 1. The van der Waals surface area contributed by atoms with Crippen LogP contribution in [0.25, 0.3) is 10.9 Å². The highest BCUT2D eigenvalue weighted by Gasteiger charge is 2.76. The van der Waals surface area contributed by atoms with Crippen molar-refractivity contribution in [2.75, 3.05) is 19.0 Å². The number of rotatable bonds is 6. The van der Waals surface area contributed by atoms with Crippen LogP contribution in [-0.4, -0.2) is 40.2 Å². The van der Waals surface area contributed by atoms with Gasteiger partial charge in [0.1, 0.15) is 5.75 Å². The van der Waals surface area contributed by atoms with Gasteiger partial charge < -0.3 is 15.4 Å². The second-order valence-electron chi connectivity index (χ2n) is 11.0. The largest absolute Gasteiger partial charge is 0.497 e. The zero-order chi connectivity index (χ0) is 29.3. The molecule has 2 aliphatic heterocycles. The Bertz CT molecular complexity index is 1470. The predicted molar refractivity (Wildman–Crippen MR) is 147 cm³/mol. The van der Waals surface area contributed by atoms with Gasteiger partial charge in [0.15, 0.2) is 5.11 Å². The molecule has 0 radical (unpaired) electrons. The molecule has 0 bridgehead atoms. The third-order valence-corrected chi connectivity index (χ3v) is 9.31. The molecule has 1 aliphatic carbocycles. The maximum Gasteiger partial charge on any atom is 0.416 e. The number of thiocarbonyl (C=S) groups is 1. The van der Waals surface area contributed by atoms with E-state index in [-0.39, 0.29) is 22.8 Å². The number of methoxy groups -OCH3 is 1. The summed E-state index contributed by atoms with van der Waals surface area (Å²) in [5.74, 6) is 1.93. The van der Waals surface area contributed by atoms with E-state index < -0.39 is 35.2 Å². The van der Waals surface area contributed by atoms with E-state index in [1.807, 2.05) is 18.2 Å². The number of anilines is 1. The molecule has 2 aromatic carbocycles. The Labute approximate surface area is 238 Å². The molecule has 3 fully saturated rings. The molecule has 218 valence electrons. The van der Waals surface area contributed by atoms with Crippen LogP contribution in [0.2, 0.25) is 0 Å².